The molecular formula is C23H25N7O5. The van der Waals surface area contributed by atoms with Crippen LogP contribution in [0.15, 0.2) is 52.0 Å². The Morgan fingerprint density at radius 3 is 2.46 bits per heavy atom. The van der Waals surface area contributed by atoms with Gasteiger partial charge in [0.05, 0.1) is 37.6 Å². The van der Waals surface area contributed by atoms with E-state index in [1.54, 1.807) is 24.3 Å². The zero-order valence-corrected chi connectivity index (χ0v) is 19.0. The molecule has 1 N–H and O–H groups in total. The van der Waals surface area contributed by atoms with Gasteiger partial charge in [0.15, 0.2) is 5.82 Å². The SMILES string of the molecule is O=[N+]([O-])c1cccc(-c2ccc(C=NNc3cc(N4CCOCC4)nc(N4CCOCC4)n3)o2)c1. The van der Waals surface area contributed by atoms with Crippen LogP contribution in [0, 0.1) is 10.1 Å². The van der Waals surface area contributed by atoms with Crippen LogP contribution in [0.1, 0.15) is 5.76 Å². The lowest BCUT2D eigenvalue weighted by molar-refractivity contribution is -0.384. The molecule has 35 heavy (non-hydrogen) atoms. The number of hydrazone groups is 1. The molecule has 2 fully saturated rings. The quantitative estimate of drug-likeness (QED) is 0.306. The summed E-state index contributed by atoms with van der Waals surface area (Å²) in [6, 6.07) is 11.7. The number of nitro groups is 1. The number of benzene rings is 1. The van der Waals surface area contributed by atoms with E-state index in [9.17, 15) is 10.1 Å². The summed E-state index contributed by atoms with van der Waals surface area (Å²) in [5.41, 5.74) is 3.60. The van der Waals surface area contributed by atoms with E-state index in [0.717, 1.165) is 32.0 Å². The number of non-ortho nitro benzene ring substituents is 1. The molecular weight excluding hydrogens is 454 g/mol. The average molecular weight is 479 g/mol. The second-order valence-electron chi connectivity index (χ2n) is 7.99. The van der Waals surface area contributed by atoms with E-state index in [0.29, 0.717) is 55.3 Å². The minimum absolute atomic E-state index is 0.00619. The van der Waals surface area contributed by atoms with E-state index in [-0.39, 0.29) is 5.69 Å². The van der Waals surface area contributed by atoms with Crippen LogP contribution in [0.5, 0.6) is 0 Å². The summed E-state index contributed by atoms with van der Waals surface area (Å²) in [5.74, 6) is 3.01. The van der Waals surface area contributed by atoms with Gasteiger partial charge in [0, 0.05) is 49.9 Å². The smallest absolute Gasteiger partial charge is 0.270 e. The Morgan fingerprint density at radius 1 is 0.971 bits per heavy atom. The summed E-state index contributed by atoms with van der Waals surface area (Å²) in [6.07, 6.45) is 1.53. The van der Waals surface area contributed by atoms with Crippen molar-refractivity contribution in [3.8, 4) is 11.3 Å². The maximum absolute atomic E-state index is 11.0. The second-order valence-corrected chi connectivity index (χ2v) is 7.99. The molecule has 182 valence electrons. The van der Waals surface area contributed by atoms with E-state index >= 15 is 0 Å². The van der Waals surface area contributed by atoms with Crippen LogP contribution in [0.4, 0.5) is 23.3 Å². The van der Waals surface area contributed by atoms with Crippen LogP contribution in [0.25, 0.3) is 11.3 Å². The topological polar surface area (TPSA) is 131 Å². The monoisotopic (exact) mass is 479 g/mol. The minimum atomic E-state index is -0.434. The number of rotatable bonds is 7. The maximum Gasteiger partial charge on any atom is 0.270 e. The zero-order valence-electron chi connectivity index (χ0n) is 19.0. The van der Waals surface area contributed by atoms with E-state index in [1.807, 2.05) is 6.07 Å². The summed E-state index contributed by atoms with van der Waals surface area (Å²) in [6.45, 7) is 5.55. The maximum atomic E-state index is 11.0. The summed E-state index contributed by atoms with van der Waals surface area (Å²) in [4.78, 5) is 24.3. The third kappa shape index (κ3) is 5.55. The molecule has 2 aromatic heterocycles. The predicted molar refractivity (Wildman–Crippen MR) is 130 cm³/mol. The zero-order chi connectivity index (χ0) is 24.0. The van der Waals surface area contributed by atoms with E-state index in [1.165, 1.54) is 18.3 Å². The third-order valence-corrected chi connectivity index (χ3v) is 5.67. The molecule has 0 spiro atoms. The van der Waals surface area contributed by atoms with Gasteiger partial charge in [-0.2, -0.15) is 15.1 Å². The van der Waals surface area contributed by atoms with Gasteiger partial charge in [-0.1, -0.05) is 12.1 Å². The highest BCUT2D eigenvalue weighted by Crippen LogP contribution is 2.26. The number of furan rings is 1. The number of anilines is 3. The van der Waals surface area contributed by atoms with Gasteiger partial charge in [-0.3, -0.25) is 15.5 Å². The largest absolute Gasteiger partial charge is 0.455 e. The van der Waals surface area contributed by atoms with Crippen molar-refractivity contribution < 1.29 is 18.8 Å². The van der Waals surface area contributed by atoms with E-state index in [2.05, 4.69) is 25.3 Å². The second kappa shape index (κ2) is 10.5. The first-order valence-electron chi connectivity index (χ1n) is 11.3. The van der Waals surface area contributed by atoms with E-state index in [4.69, 9.17) is 18.9 Å². The molecule has 0 radical (unpaired) electrons. The normalized spacial score (nSPS) is 16.6. The molecule has 2 aliphatic heterocycles. The third-order valence-electron chi connectivity index (χ3n) is 5.67. The van der Waals surface area contributed by atoms with Crippen LogP contribution >= 0.6 is 0 Å². The van der Waals surface area contributed by atoms with Crippen molar-refractivity contribution in [3.05, 3.63) is 58.3 Å². The Morgan fingerprint density at radius 2 is 1.71 bits per heavy atom. The molecule has 3 aromatic rings. The highest BCUT2D eigenvalue weighted by Gasteiger charge is 2.19. The molecule has 0 unspecified atom stereocenters. The number of hydrogen-bond donors (Lipinski definition) is 1. The van der Waals surface area contributed by atoms with Gasteiger partial charge in [0.1, 0.15) is 17.3 Å². The molecule has 0 amide bonds. The number of aromatic nitrogens is 2. The van der Waals surface area contributed by atoms with Crippen molar-refractivity contribution >= 4 is 29.5 Å². The van der Waals surface area contributed by atoms with Gasteiger partial charge < -0.3 is 23.7 Å². The first-order chi connectivity index (χ1) is 17.2. The Kier molecular flexibility index (Phi) is 6.82. The highest BCUT2D eigenvalue weighted by molar-refractivity contribution is 5.78. The van der Waals surface area contributed by atoms with Gasteiger partial charge in [0.2, 0.25) is 5.95 Å². The summed E-state index contributed by atoms with van der Waals surface area (Å²) >= 11 is 0. The Labute approximate surface area is 201 Å². The molecule has 1 aromatic carbocycles. The van der Waals surface area contributed by atoms with Crippen molar-refractivity contribution in [1.29, 1.82) is 0 Å². The van der Waals surface area contributed by atoms with Gasteiger partial charge in [-0.25, -0.2) is 0 Å². The molecule has 4 heterocycles. The van der Waals surface area contributed by atoms with Gasteiger partial charge in [0.25, 0.3) is 5.69 Å². The van der Waals surface area contributed by atoms with E-state index < -0.39 is 4.92 Å². The summed E-state index contributed by atoms with van der Waals surface area (Å²) in [7, 11) is 0. The number of ether oxygens (including phenoxy) is 2. The van der Waals surface area contributed by atoms with Crippen molar-refractivity contribution in [2.24, 2.45) is 5.10 Å². The first kappa shape index (κ1) is 22.7. The van der Waals surface area contributed by atoms with Crippen molar-refractivity contribution in [2.75, 3.05) is 67.8 Å². The molecule has 12 nitrogen and oxygen atoms in total. The van der Waals surface area contributed by atoms with Crippen molar-refractivity contribution in [1.82, 2.24) is 9.97 Å². The standard InChI is InChI=1S/C23H25N7O5/c31-30(32)18-3-1-2-17(14-18)20-5-4-19(35-20)16-24-27-21-15-22(28-6-10-33-11-7-28)26-23(25-21)29-8-12-34-13-9-29/h1-5,14-16H,6-13H2,(H,25,26,27). The van der Waals surface area contributed by atoms with Crippen molar-refractivity contribution in [2.45, 2.75) is 0 Å². The summed E-state index contributed by atoms with van der Waals surface area (Å²) in [5, 5.41) is 15.3. The van der Waals surface area contributed by atoms with Gasteiger partial charge in [-0.05, 0) is 12.1 Å². The molecule has 5 rings (SSSR count). The lowest BCUT2D eigenvalue weighted by atomic mass is 10.1. The Balaban J connectivity index is 1.32. The number of nitrogens with one attached hydrogen (secondary N) is 1. The molecule has 0 atom stereocenters. The van der Waals surface area contributed by atoms with Crippen molar-refractivity contribution in [3.63, 3.8) is 0 Å². The molecule has 12 heteroatoms. The molecule has 0 aliphatic carbocycles. The molecule has 0 saturated carbocycles. The molecule has 2 saturated heterocycles. The fourth-order valence-electron chi connectivity index (χ4n) is 3.85. The Hall–Kier alpha value is -4.03. The average Bonchev–Trinajstić information content (AvgIpc) is 3.39. The van der Waals surface area contributed by atoms with Crippen LogP contribution < -0.4 is 15.2 Å². The van der Waals surface area contributed by atoms with Crippen LogP contribution in [-0.4, -0.2) is 73.7 Å². The predicted octanol–water partition coefficient (Wildman–Crippen LogP) is 2.76. The highest BCUT2D eigenvalue weighted by atomic mass is 16.6. The lowest BCUT2D eigenvalue weighted by Gasteiger charge is -2.31. The number of morpholine rings is 2. The number of nitrogens with zero attached hydrogens (tertiary/aromatic N) is 6. The molecule has 2 aliphatic rings. The lowest BCUT2D eigenvalue weighted by Crippen LogP contribution is -2.39. The van der Waals surface area contributed by atoms with Gasteiger partial charge >= 0.3 is 0 Å². The number of nitro benzene ring substituents is 1. The first-order valence-corrected chi connectivity index (χ1v) is 11.3. The fraction of sp³-hybridized carbons (Fsp3) is 0.348. The number of hydrogen-bond acceptors (Lipinski definition) is 11. The minimum Gasteiger partial charge on any atom is -0.455 e. The van der Waals surface area contributed by atoms with Crippen LogP contribution in [0.3, 0.4) is 0 Å². The fourth-order valence-corrected chi connectivity index (χ4v) is 3.85. The summed E-state index contributed by atoms with van der Waals surface area (Å²) < 4.78 is 16.7. The Bertz CT molecular complexity index is 1170. The van der Waals surface area contributed by atoms with Crippen LogP contribution in [0.2, 0.25) is 0 Å². The molecule has 0 bridgehead atoms. The van der Waals surface area contributed by atoms with Gasteiger partial charge in [-0.15, -0.1) is 0 Å². The van der Waals surface area contributed by atoms with Crippen LogP contribution in [-0.2, 0) is 9.47 Å².